The first kappa shape index (κ1) is 22.4. The molecule has 0 atom stereocenters. The maximum Gasteiger partial charge on any atom is 0.221 e. The van der Waals surface area contributed by atoms with Crippen LogP contribution in [0.1, 0.15) is 44.2 Å². The molecule has 4 nitrogen and oxygen atoms in total. The lowest BCUT2D eigenvalue weighted by atomic mass is 9.74. The molecule has 162 valence electrons. The molecule has 0 unspecified atom stereocenters. The highest BCUT2D eigenvalue weighted by Crippen LogP contribution is 2.37. The number of anilines is 1. The second-order valence-electron chi connectivity index (χ2n) is 8.39. The molecule has 0 aliphatic carbocycles. The summed E-state index contributed by atoms with van der Waals surface area (Å²) in [5.74, 6) is -0.646. The molecule has 5 heteroatoms. The zero-order valence-corrected chi connectivity index (χ0v) is 18.1. The SMILES string of the molecule is CCOCC1(CCc2ccccc2)CCN(Cc2ccc(NC(C)=O)c(F)c2)CC1. The van der Waals surface area contributed by atoms with Crippen molar-refractivity contribution in [3.8, 4) is 0 Å². The van der Waals surface area contributed by atoms with Crippen LogP contribution >= 0.6 is 0 Å². The molecule has 0 aromatic heterocycles. The van der Waals surface area contributed by atoms with Crippen molar-refractivity contribution in [2.45, 2.75) is 46.1 Å². The van der Waals surface area contributed by atoms with E-state index in [4.69, 9.17) is 4.74 Å². The van der Waals surface area contributed by atoms with E-state index >= 15 is 0 Å². The summed E-state index contributed by atoms with van der Waals surface area (Å²) < 4.78 is 20.1. The number of carbonyl (C=O) groups excluding carboxylic acids is 1. The van der Waals surface area contributed by atoms with Crippen molar-refractivity contribution in [3.63, 3.8) is 0 Å². The Labute approximate surface area is 179 Å². The number of ether oxygens (including phenoxy) is 1. The summed E-state index contributed by atoms with van der Waals surface area (Å²) in [6, 6.07) is 15.7. The Bertz CT molecular complexity index is 817. The van der Waals surface area contributed by atoms with Crippen molar-refractivity contribution in [1.29, 1.82) is 0 Å². The number of halogens is 1. The molecular weight excluding hydrogens is 379 g/mol. The van der Waals surface area contributed by atoms with Gasteiger partial charge in [0.2, 0.25) is 5.91 Å². The first-order valence-electron chi connectivity index (χ1n) is 10.9. The number of nitrogens with zero attached hydrogens (tertiary/aromatic N) is 1. The fraction of sp³-hybridized carbons (Fsp3) is 0.480. The number of hydrogen-bond acceptors (Lipinski definition) is 3. The first-order valence-corrected chi connectivity index (χ1v) is 10.9. The van der Waals surface area contributed by atoms with Crippen LogP contribution in [0, 0.1) is 11.2 Å². The Hall–Kier alpha value is -2.24. The number of hydrogen-bond donors (Lipinski definition) is 1. The minimum absolute atomic E-state index is 0.211. The van der Waals surface area contributed by atoms with Gasteiger partial charge in [0.15, 0.2) is 0 Å². The zero-order chi connectivity index (χ0) is 21.4. The Balaban J connectivity index is 1.57. The van der Waals surface area contributed by atoms with Gasteiger partial charge in [0.05, 0.1) is 12.3 Å². The predicted molar refractivity (Wildman–Crippen MR) is 119 cm³/mol. The van der Waals surface area contributed by atoms with Crippen LogP contribution in [0.5, 0.6) is 0 Å². The van der Waals surface area contributed by atoms with Gasteiger partial charge in [-0.3, -0.25) is 9.69 Å². The van der Waals surface area contributed by atoms with E-state index in [0.29, 0.717) is 0 Å². The van der Waals surface area contributed by atoms with Gasteiger partial charge in [-0.05, 0) is 74.4 Å². The van der Waals surface area contributed by atoms with Crippen LogP contribution in [0.4, 0.5) is 10.1 Å². The molecule has 1 N–H and O–H groups in total. The van der Waals surface area contributed by atoms with Crippen LogP contribution < -0.4 is 5.32 Å². The van der Waals surface area contributed by atoms with Crippen LogP contribution in [-0.4, -0.2) is 37.1 Å². The molecule has 1 amide bonds. The molecule has 1 fully saturated rings. The Morgan fingerprint density at radius 1 is 1.13 bits per heavy atom. The topological polar surface area (TPSA) is 41.6 Å². The van der Waals surface area contributed by atoms with E-state index in [2.05, 4.69) is 47.5 Å². The van der Waals surface area contributed by atoms with Gasteiger partial charge in [0, 0.05) is 20.1 Å². The Morgan fingerprint density at radius 2 is 1.87 bits per heavy atom. The minimum Gasteiger partial charge on any atom is -0.381 e. The van der Waals surface area contributed by atoms with Gasteiger partial charge in [-0.2, -0.15) is 0 Å². The summed E-state index contributed by atoms with van der Waals surface area (Å²) in [5.41, 5.74) is 2.76. The lowest BCUT2D eigenvalue weighted by Crippen LogP contribution is -2.42. The highest BCUT2D eigenvalue weighted by atomic mass is 19.1. The van der Waals surface area contributed by atoms with Crippen LogP contribution in [0.15, 0.2) is 48.5 Å². The molecule has 2 aromatic carbocycles. The highest BCUT2D eigenvalue weighted by molar-refractivity contribution is 5.88. The van der Waals surface area contributed by atoms with Crippen molar-refractivity contribution in [2.24, 2.45) is 5.41 Å². The number of benzene rings is 2. The molecule has 0 radical (unpaired) electrons. The Kier molecular flexibility index (Phi) is 8.00. The number of piperidine rings is 1. The molecule has 1 aliphatic heterocycles. The van der Waals surface area contributed by atoms with Gasteiger partial charge >= 0.3 is 0 Å². The number of amides is 1. The molecule has 30 heavy (non-hydrogen) atoms. The summed E-state index contributed by atoms with van der Waals surface area (Å²) in [6.07, 6.45) is 4.38. The highest BCUT2D eigenvalue weighted by Gasteiger charge is 2.34. The van der Waals surface area contributed by atoms with Crippen molar-refractivity contribution >= 4 is 11.6 Å². The van der Waals surface area contributed by atoms with Gasteiger partial charge in [-0.1, -0.05) is 36.4 Å². The van der Waals surface area contributed by atoms with Crippen molar-refractivity contribution < 1.29 is 13.9 Å². The fourth-order valence-corrected chi connectivity index (χ4v) is 4.23. The summed E-state index contributed by atoms with van der Waals surface area (Å²) in [7, 11) is 0. The van der Waals surface area contributed by atoms with Gasteiger partial charge in [0.1, 0.15) is 5.82 Å². The lowest BCUT2D eigenvalue weighted by molar-refractivity contribution is -0.114. The molecule has 3 rings (SSSR count). The zero-order valence-electron chi connectivity index (χ0n) is 18.1. The summed E-state index contributed by atoms with van der Waals surface area (Å²) in [4.78, 5) is 13.5. The van der Waals surface area contributed by atoms with E-state index in [1.807, 2.05) is 6.07 Å². The minimum atomic E-state index is -0.381. The third kappa shape index (κ3) is 6.38. The van der Waals surface area contributed by atoms with E-state index in [1.54, 1.807) is 6.07 Å². The van der Waals surface area contributed by atoms with Crippen LogP contribution in [-0.2, 0) is 22.5 Å². The summed E-state index contributed by atoms with van der Waals surface area (Å²) in [5, 5.41) is 2.52. The number of aryl methyl sites for hydroxylation is 1. The molecule has 0 saturated carbocycles. The van der Waals surface area contributed by atoms with Crippen molar-refractivity contribution in [2.75, 3.05) is 31.6 Å². The Morgan fingerprint density at radius 3 is 2.50 bits per heavy atom. The molecular formula is C25H33FN2O2. The molecule has 1 aliphatic rings. The van der Waals surface area contributed by atoms with Gasteiger partial charge in [0.25, 0.3) is 0 Å². The van der Waals surface area contributed by atoms with Crippen LogP contribution in [0.3, 0.4) is 0 Å². The normalized spacial score (nSPS) is 16.4. The average Bonchev–Trinajstić information content (AvgIpc) is 2.75. The van der Waals surface area contributed by atoms with Crippen molar-refractivity contribution in [1.82, 2.24) is 4.90 Å². The maximum atomic E-state index is 14.2. The van der Waals surface area contributed by atoms with E-state index in [9.17, 15) is 9.18 Å². The number of nitrogens with one attached hydrogen (secondary N) is 1. The van der Waals surface area contributed by atoms with E-state index in [-0.39, 0.29) is 22.8 Å². The molecule has 2 aromatic rings. The van der Waals surface area contributed by atoms with Gasteiger partial charge < -0.3 is 10.1 Å². The maximum absolute atomic E-state index is 14.2. The van der Waals surface area contributed by atoms with Crippen molar-refractivity contribution in [3.05, 3.63) is 65.5 Å². The molecule has 1 heterocycles. The predicted octanol–water partition coefficient (Wildman–Crippen LogP) is 5.04. The molecule has 0 bridgehead atoms. The summed E-state index contributed by atoms with van der Waals surface area (Å²) >= 11 is 0. The first-order chi connectivity index (χ1) is 14.5. The smallest absolute Gasteiger partial charge is 0.221 e. The number of rotatable bonds is 9. The van der Waals surface area contributed by atoms with Crippen LogP contribution in [0.25, 0.3) is 0 Å². The third-order valence-electron chi connectivity index (χ3n) is 6.07. The second-order valence-corrected chi connectivity index (χ2v) is 8.39. The quantitative estimate of drug-likeness (QED) is 0.628. The lowest BCUT2D eigenvalue weighted by Gasteiger charge is -2.42. The summed E-state index contributed by atoms with van der Waals surface area (Å²) in [6.45, 7) is 7.68. The fourth-order valence-electron chi connectivity index (χ4n) is 4.23. The third-order valence-corrected chi connectivity index (χ3v) is 6.07. The molecule has 1 saturated heterocycles. The second kappa shape index (κ2) is 10.7. The van der Waals surface area contributed by atoms with Gasteiger partial charge in [-0.15, -0.1) is 0 Å². The average molecular weight is 413 g/mol. The van der Waals surface area contributed by atoms with E-state index in [0.717, 1.165) is 64.1 Å². The number of carbonyl (C=O) groups is 1. The molecule has 0 spiro atoms. The van der Waals surface area contributed by atoms with E-state index < -0.39 is 0 Å². The monoisotopic (exact) mass is 412 g/mol. The number of likely N-dealkylation sites (tertiary alicyclic amines) is 1. The van der Waals surface area contributed by atoms with Gasteiger partial charge in [-0.25, -0.2) is 4.39 Å². The largest absolute Gasteiger partial charge is 0.381 e. The van der Waals surface area contributed by atoms with E-state index in [1.165, 1.54) is 18.6 Å². The van der Waals surface area contributed by atoms with Crippen LogP contribution in [0.2, 0.25) is 0 Å². The standard InChI is InChI=1S/C25H33FN2O2/c1-3-30-19-25(12-11-21-7-5-4-6-8-21)13-15-28(16-14-25)18-22-9-10-24(23(26)17-22)27-20(2)29/h4-10,17H,3,11-16,18-19H2,1-2H3,(H,27,29).